The number of hydrogen-bond donors (Lipinski definition) is 1. The Morgan fingerprint density at radius 1 is 1.00 bits per heavy atom. The molecule has 0 spiro atoms. The van der Waals surface area contributed by atoms with Crippen molar-refractivity contribution in [1.82, 2.24) is 4.98 Å². The molecule has 2 aromatic carbocycles. The van der Waals surface area contributed by atoms with Crippen LogP contribution in [0, 0.1) is 33.8 Å². The van der Waals surface area contributed by atoms with E-state index in [1.165, 1.54) is 42.0 Å². The number of aryl methyl sites for hydroxylation is 4. The first kappa shape index (κ1) is 23.7. The van der Waals surface area contributed by atoms with Crippen molar-refractivity contribution in [2.24, 2.45) is 0 Å². The molecule has 1 N–H and O–H groups in total. The predicted molar refractivity (Wildman–Crippen MR) is 112 cm³/mol. The van der Waals surface area contributed by atoms with Gasteiger partial charge in [-0.25, -0.2) is 0 Å². The van der Waals surface area contributed by atoms with Crippen LogP contribution in [0.4, 0.5) is 0 Å². The van der Waals surface area contributed by atoms with Crippen molar-refractivity contribution >= 4 is 16.7 Å². The number of benzene rings is 2. The third-order valence-electron chi connectivity index (χ3n) is 3.98. The summed E-state index contributed by atoms with van der Waals surface area (Å²) in [6, 6.07) is 16.3. The van der Waals surface area contributed by atoms with E-state index in [-0.39, 0.29) is 31.6 Å². The van der Waals surface area contributed by atoms with Crippen molar-refractivity contribution in [3.63, 3.8) is 0 Å². The van der Waals surface area contributed by atoms with Gasteiger partial charge in [0.1, 0.15) is 0 Å². The molecule has 3 rings (SSSR count). The molecule has 28 heavy (non-hydrogen) atoms. The molecule has 3 nitrogen and oxygen atoms in total. The summed E-state index contributed by atoms with van der Waals surface area (Å²) in [6.07, 6.45) is 1.17. The number of allylic oxidation sites excluding steroid dienone is 2. The largest absolute Gasteiger partial charge is 0.512 e. The summed E-state index contributed by atoms with van der Waals surface area (Å²) in [6.45, 7) is 11.3. The zero-order valence-electron chi connectivity index (χ0n) is 17.2. The van der Waals surface area contributed by atoms with Crippen LogP contribution in [0.2, 0.25) is 0 Å². The van der Waals surface area contributed by atoms with E-state index in [9.17, 15) is 4.79 Å². The molecule has 0 atom stereocenters. The van der Waals surface area contributed by atoms with Crippen molar-refractivity contribution < 1.29 is 30.0 Å². The Morgan fingerprint density at radius 3 is 2.21 bits per heavy atom. The number of carbonyl (C=O) groups excluding carboxylic acids is 1. The normalized spacial score (nSPS) is 10.7. The molecule has 149 valence electrons. The fourth-order valence-electron chi connectivity index (χ4n) is 2.97. The number of aliphatic hydroxyl groups excluding tert-OH is 1. The zero-order chi connectivity index (χ0) is 20.1. The van der Waals surface area contributed by atoms with E-state index in [4.69, 9.17) is 10.1 Å². The van der Waals surface area contributed by atoms with E-state index in [1.54, 1.807) is 0 Å². The standard InChI is InChI=1S/C19H18N.C5H8O2.Ir/c1-12-5-6-16-11-15(4)19(20-18(16)10-12)17-8-13(2)7-14(3)9-17;1-4(6)3-5(2)7;/h5-8,10-11H,1-4H3;3,6H,1-2H3;/q-1;;. The zero-order valence-corrected chi connectivity index (χ0v) is 19.6. The SMILES string of the molecule is CC(=O)C=C(C)O.Cc1[c-]c(-c2nc3cc(C)ccc3cc2C)cc(C)c1.[Ir]. The van der Waals surface area contributed by atoms with Gasteiger partial charge in [-0.05, 0) is 50.4 Å². The van der Waals surface area contributed by atoms with Crippen LogP contribution in [0.5, 0.6) is 0 Å². The Labute approximate surface area is 180 Å². The van der Waals surface area contributed by atoms with Gasteiger partial charge in [0.05, 0.1) is 11.3 Å². The summed E-state index contributed by atoms with van der Waals surface area (Å²) in [4.78, 5) is 14.9. The van der Waals surface area contributed by atoms with E-state index in [2.05, 4.69) is 70.2 Å². The van der Waals surface area contributed by atoms with Gasteiger partial charge in [-0.2, -0.15) is 0 Å². The van der Waals surface area contributed by atoms with Crippen LogP contribution < -0.4 is 0 Å². The number of carbonyl (C=O) groups is 1. The molecule has 0 aliphatic rings. The van der Waals surface area contributed by atoms with Crippen LogP contribution in [-0.4, -0.2) is 15.9 Å². The number of aliphatic hydroxyl groups is 1. The summed E-state index contributed by atoms with van der Waals surface area (Å²) in [7, 11) is 0. The van der Waals surface area contributed by atoms with E-state index < -0.39 is 0 Å². The van der Waals surface area contributed by atoms with Gasteiger partial charge in [0.2, 0.25) is 0 Å². The van der Waals surface area contributed by atoms with Gasteiger partial charge >= 0.3 is 0 Å². The van der Waals surface area contributed by atoms with Gasteiger partial charge in [0, 0.05) is 26.2 Å². The molecule has 4 heteroatoms. The van der Waals surface area contributed by atoms with E-state index in [0.29, 0.717) is 0 Å². The maximum absolute atomic E-state index is 10.0. The summed E-state index contributed by atoms with van der Waals surface area (Å²) < 4.78 is 0. The summed E-state index contributed by atoms with van der Waals surface area (Å²) in [5.41, 5.74) is 8.02. The molecular weight excluding hydrogens is 526 g/mol. The van der Waals surface area contributed by atoms with Gasteiger partial charge in [-0.1, -0.05) is 37.6 Å². The fraction of sp³-hybridized carbons (Fsp3) is 0.250. The van der Waals surface area contributed by atoms with Crippen LogP contribution in [0.1, 0.15) is 36.1 Å². The number of aromatic nitrogens is 1. The monoisotopic (exact) mass is 553 g/mol. The van der Waals surface area contributed by atoms with Gasteiger partial charge < -0.3 is 5.11 Å². The van der Waals surface area contributed by atoms with Crippen LogP contribution in [-0.2, 0) is 24.9 Å². The minimum absolute atomic E-state index is 0. The quantitative estimate of drug-likeness (QED) is 0.242. The minimum atomic E-state index is -0.125. The Morgan fingerprint density at radius 2 is 1.68 bits per heavy atom. The molecule has 0 amide bonds. The van der Waals surface area contributed by atoms with Crippen molar-refractivity contribution in [1.29, 1.82) is 0 Å². The van der Waals surface area contributed by atoms with E-state index >= 15 is 0 Å². The molecule has 0 unspecified atom stereocenters. The van der Waals surface area contributed by atoms with Gasteiger partial charge in [-0.3, -0.25) is 9.78 Å². The van der Waals surface area contributed by atoms with Gasteiger partial charge in [0.15, 0.2) is 5.78 Å². The number of hydrogen-bond acceptors (Lipinski definition) is 3. The van der Waals surface area contributed by atoms with Crippen LogP contribution in [0.25, 0.3) is 22.2 Å². The fourth-order valence-corrected chi connectivity index (χ4v) is 2.97. The second-order valence-corrected chi connectivity index (χ2v) is 7.00. The third kappa shape index (κ3) is 6.70. The third-order valence-corrected chi connectivity index (χ3v) is 3.98. The first-order valence-electron chi connectivity index (χ1n) is 8.92. The number of fused-ring (bicyclic) bond motifs is 1. The molecule has 1 radical (unpaired) electrons. The number of nitrogens with zero attached hydrogens (tertiary/aromatic N) is 1. The molecule has 0 bridgehead atoms. The maximum atomic E-state index is 10.0. The predicted octanol–water partition coefficient (Wildman–Crippen LogP) is 5.97. The molecule has 0 aliphatic carbocycles. The van der Waals surface area contributed by atoms with Gasteiger partial charge in [0.25, 0.3) is 0 Å². The molecular formula is C24H26IrNO2-. The second-order valence-electron chi connectivity index (χ2n) is 7.00. The molecule has 0 fully saturated rings. The molecule has 3 aromatic rings. The maximum Gasteiger partial charge on any atom is 0.155 e. The van der Waals surface area contributed by atoms with Crippen molar-refractivity contribution in [3.8, 4) is 11.3 Å². The summed E-state index contributed by atoms with van der Waals surface area (Å²) in [5.74, 6) is -0.0625. The Bertz CT molecular complexity index is 998. The summed E-state index contributed by atoms with van der Waals surface area (Å²) >= 11 is 0. The Hall–Kier alpha value is -2.29. The molecule has 0 saturated carbocycles. The molecule has 1 heterocycles. The van der Waals surface area contributed by atoms with Gasteiger partial charge in [-0.15, -0.1) is 34.9 Å². The number of ketones is 1. The first-order chi connectivity index (χ1) is 12.7. The number of pyridine rings is 1. The van der Waals surface area contributed by atoms with Crippen LogP contribution in [0.15, 0.2) is 48.2 Å². The molecule has 0 saturated heterocycles. The smallest absolute Gasteiger partial charge is 0.155 e. The second kappa shape index (κ2) is 10.3. The average Bonchev–Trinajstić information content (AvgIpc) is 2.53. The van der Waals surface area contributed by atoms with Crippen LogP contribution >= 0.6 is 0 Å². The number of rotatable bonds is 2. The summed E-state index contributed by atoms with van der Waals surface area (Å²) in [5, 5.41) is 9.56. The average molecular weight is 553 g/mol. The van der Waals surface area contributed by atoms with Crippen LogP contribution in [0.3, 0.4) is 0 Å². The Kier molecular flexibility index (Phi) is 8.74. The van der Waals surface area contributed by atoms with E-state index in [1.807, 2.05) is 0 Å². The van der Waals surface area contributed by atoms with E-state index in [0.717, 1.165) is 22.3 Å². The van der Waals surface area contributed by atoms with Crippen molar-refractivity contribution in [2.75, 3.05) is 0 Å². The van der Waals surface area contributed by atoms with Crippen molar-refractivity contribution in [2.45, 2.75) is 41.5 Å². The topological polar surface area (TPSA) is 50.2 Å². The first-order valence-corrected chi connectivity index (χ1v) is 8.92. The Balaban J connectivity index is 0.000000425. The molecule has 1 aromatic heterocycles. The minimum Gasteiger partial charge on any atom is -0.512 e. The molecule has 0 aliphatic heterocycles. The van der Waals surface area contributed by atoms with Crippen molar-refractivity contribution in [3.05, 3.63) is 76.6 Å².